The number of rotatable bonds is 5. The van der Waals surface area contributed by atoms with Crippen molar-refractivity contribution >= 4 is 5.82 Å². The van der Waals surface area contributed by atoms with Gasteiger partial charge in [-0.05, 0) is 24.6 Å². The first-order chi connectivity index (χ1) is 9.71. The Morgan fingerprint density at radius 3 is 2.50 bits per heavy atom. The lowest BCUT2D eigenvalue weighted by molar-refractivity contribution is 0.355. The molecule has 0 radical (unpaired) electrons. The second kappa shape index (κ2) is 6.23. The lowest BCUT2D eigenvalue weighted by Crippen LogP contribution is -2.02. The lowest BCUT2D eigenvalue weighted by Gasteiger charge is -2.12. The van der Waals surface area contributed by atoms with Crippen LogP contribution >= 0.6 is 0 Å². The van der Waals surface area contributed by atoms with E-state index in [9.17, 15) is 0 Å². The molecule has 1 aromatic carbocycles. The summed E-state index contributed by atoms with van der Waals surface area (Å²) in [7, 11) is 3.23. The van der Waals surface area contributed by atoms with Gasteiger partial charge in [0.05, 0.1) is 19.9 Å². The molecular formula is C15H19N3O2. The number of anilines is 1. The van der Waals surface area contributed by atoms with Crippen molar-refractivity contribution in [2.24, 2.45) is 0 Å². The third-order valence-electron chi connectivity index (χ3n) is 3.14. The van der Waals surface area contributed by atoms with Gasteiger partial charge in [0, 0.05) is 11.1 Å². The zero-order valence-electron chi connectivity index (χ0n) is 12.0. The zero-order chi connectivity index (χ0) is 14.5. The van der Waals surface area contributed by atoms with Crippen LogP contribution in [-0.4, -0.2) is 24.2 Å². The molecule has 0 unspecified atom stereocenters. The average Bonchev–Trinajstić information content (AvgIpc) is 2.48. The number of aromatic nitrogens is 2. The van der Waals surface area contributed by atoms with Crippen LogP contribution in [0.5, 0.6) is 11.5 Å². The Labute approximate surface area is 118 Å². The van der Waals surface area contributed by atoms with E-state index in [1.807, 2.05) is 18.2 Å². The first-order valence-corrected chi connectivity index (χ1v) is 6.53. The predicted molar refractivity (Wildman–Crippen MR) is 79.0 cm³/mol. The Balaban J connectivity index is 2.54. The standard InChI is InChI=1S/C15H19N3O2/c1-4-5-11-14(17-9-18-15(11)16)10-6-7-12(19-2)13(8-10)20-3/h6-9H,4-5H2,1-3H3,(H2,16,17,18). The van der Waals surface area contributed by atoms with Gasteiger partial charge >= 0.3 is 0 Å². The van der Waals surface area contributed by atoms with Gasteiger partial charge in [0.25, 0.3) is 0 Å². The number of ether oxygens (including phenoxy) is 2. The van der Waals surface area contributed by atoms with Gasteiger partial charge in [-0.3, -0.25) is 0 Å². The SMILES string of the molecule is CCCc1c(N)ncnc1-c1ccc(OC)c(OC)c1. The summed E-state index contributed by atoms with van der Waals surface area (Å²) < 4.78 is 10.6. The Kier molecular flexibility index (Phi) is 4.40. The minimum absolute atomic E-state index is 0.534. The fraction of sp³-hybridized carbons (Fsp3) is 0.333. The molecule has 1 heterocycles. The van der Waals surface area contributed by atoms with Crippen molar-refractivity contribution in [2.75, 3.05) is 20.0 Å². The van der Waals surface area contributed by atoms with Crippen molar-refractivity contribution in [3.63, 3.8) is 0 Å². The van der Waals surface area contributed by atoms with Crippen molar-refractivity contribution < 1.29 is 9.47 Å². The molecule has 2 N–H and O–H groups in total. The number of hydrogen-bond acceptors (Lipinski definition) is 5. The zero-order valence-corrected chi connectivity index (χ0v) is 12.0. The van der Waals surface area contributed by atoms with Crippen molar-refractivity contribution in [2.45, 2.75) is 19.8 Å². The molecule has 0 aliphatic rings. The lowest BCUT2D eigenvalue weighted by atomic mass is 10.0. The quantitative estimate of drug-likeness (QED) is 0.907. The van der Waals surface area contributed by atoms with Gasteiger partial charge in [0.2, 0.25) is 0 Å². The molecule has 2 rings (SSSR count). The highest BCUT2D eigenvalue weighted by Gasteiger charge is 2.13. The molecule has 0 atom stereocenters. The van der Waals surface area contributed by atoms with Crippen molar-refractivity contribution in [1.82, 2.24) is 9.97 Å². The molecule has 0 aliphatic carbocycles. The summed E-state index contributed by atoms with van der Waals surface area (Å²) in [6.45, 7) is 2.10. The second-order valence-corrected chi connectivity index (χ2v) is 4.41. The molecule has 0 spiro atoms. The second-order valence-electron chi connectivity index (χ2n) is 4.41. The predicted octanol–water partition coefficient (Wildman–Crippen LogP) is 2.70. The summed E-state index contributed by atoms with van der Waals surface area (Å²) >= 11 is 0. The maximum absolute atomic E-state index is 5.96. The van der Waals surface area contributed by atoms with E-state index in [0.29, 0.717) is 17.3 Å². The van der Waals surface area contributed by atoms with E-state index in [-0.39, 0.29) is 0 Å². The summed E-state index contributed by atoms with van der Waals surface area (Å²) in [5.41, 5.74) is 8.73. The van der Waals surface area contributed by atoms with Crippen molar-refractivity contribution in [1.29, 1.82) is 0 Å². The van der Waals surface area contributed by atoms with E-state index in [0.717, 1.165) is 29.7 Å². The molecule has 0 saturated heterocycles. The monoisotopic (exact) mass is 273 g/mol. The summed E-state index contributed by atoms with van der Waals surface area (Å²) in [4.78, 5) is 8.44. The Morgan fingerprint density at radius 1 is 1.10 bits per heavy atom. The van der Waals surface area contributed by atoms with Crippen LogP contribution in [0.4, 0.5) is 5.82 Å². The molecular weight excluding hydrogens is 254 g/mol. The molecule has 5 nitrogen and oxygen atoms in total. The van der Waals surface area contributed by atoms with E-state index in [1.54, 1.807) is 14.2 Å². The Morgan fingerprint density at radius 2 is 1.85 bits per heavy atom. The minimum Gasteiger partial charge on any atom is -0.493 e. The highest BCUT2D eigenvalue weighted by Crippen LogP contribution is 2.33. The van der Waals surface area contributed by atoms with Crippen LogP contribution in [0.25, 0.3) is 11.3 Å². The van der Waals surface area contributed by atoms with Crippen LogP contribution < -0.4 is 15.2 Å². The Hall–Kier alpha value is -2.30. The minimum atomic E-state index is 0.534. The van der Waals surface area contributed by atoms with Crippen LogP contribution in [0.3, 0.4) is 0 Å². The van der Waals surface area contributed by atoms with Gasteiger partial charge in [-0.15, -0.1) is 0 Å². The third-order valence-corrected chi connectivity index (χ3v) is 3.14. The van der Waals surface area contributed by atoms with E-state index in [4.69, 9.17) is 15.2 Å². The van der Waals surface area contributed by atoms with E-state index >= 15 is 0 Å². The molecule has 0 amide bonds. The van der Waals surface area contributed by atoms with Crippen LogP contribution in [0, 0.1) is 0 Å². The van der Waals surface area contributed by atoms with Crippen LogP contribution in [0.1, 0.15) is 18.9 Å². The highest BCUT2D eigenvalue weighted by atomic mass is 16.5. The highest BCUT2D eigenvalue weighted by molar-refractivity contribution is 5.70. The Bertz CT molecular complexity index is 600. The first-order valence-electron chi connectivity index (χ1n) is 6.53. The normalized spacial score (nSPS) is 10.3. The van der Waals surface area contributed by atoms with E-state index in [2.05, 4.69) is 16.9 Å². The maximum Gasteiger partial charge on any atom is 0.161 e. The number of hydrogen-bond donors (Lipinski definition) is 1. The molecule has 0 fully saturated rings. The number of nitrogen functional groups attached to an aromatic ring is 1. The summed E-state index contributed by atoms with van der Waals surface area (Å²) in [5.74, 6) is 1.89. The maximum atomic E-state index is 5.96. The number of nitrogens with zero attached hydrogens (tertiary/aromatic N) is 2. The number of methoxy groups -OCH3 is 2. The fourth-order valence-electron chi connectivity index (χ4n) is 2.15. The van der Waals surface area contributed by atoms with Crippen LogP contribution in [0.15, 0.2) is 24.5 Å². The van der Waals surface area contributed by atoms with Gasteiger partial charge in [0.1, 0.15) is 12.1 Å². The van der Waals surface area contributed by atoms with Gasteiger partial charge in [0.15, 0.2) is 11.5 Å². The van der Waals surface area contributed by atoms with Gasteiger partial charge in [-0.2, -0.15) is 0 Å². The average molecular weight is 273 g/mol. The number of nitrogens with two attached hydrogens (primary N) is 1. The molecule has 106 valence electrons. The van der Waals surface area contributed by atoms with E-state index < -0.39 is 0 Å². The summed E-state index contributed by atoms with van der Waals surface area (Å²) in [6, 6.07) is 5.71. The van der Waals surface area contributed by atoms with Gasteiger partial charge in [-0.1, -0.05) is 13.3 Å². The summed E-state index contributed by atoms with van der Waals surface area (Å²) in [6.07, 6.45) is 3.31. The van der Waals surface area contributed by atoms with Crippen LogP contribution in [-0.2, 0) is 6.42 Å². The number of benzene rings is 1. The summed E-state index contributed by atoms with van der Waals surface area (Å²) in [5, 5.41) is 0. The smallest absolute Gasteiger partial charge is 0.161 e. The first kappa shape index (κ1) is 14.1. The third kappa shape index (κ3) is 2.66. The topological polar surface area (TPSA) is 70.3 Å². The van der Waals surface area contributed by atoms with Crippen molar-refractivity contribution in [3.8, 4) is 22.8 Å². The van der Waals surface area contributed by atoms with Crippen LogP contribution in [0.2, 0.25) is 0 Å². The molecule has 1 aromatic heterocycles. The molecule has 2 aromatic rings. The fourth-order valence-corrected chi connectivity index (χ4v) is 2.15. The largest absolute Gasteiger partial charge is 0.493 e. The molecule has 0 bridgehead atoms. The van der Waals surface area contributed by atoms with Gasteiger partial charge in [-0.25, -0.2) is 9.97 Å². The molecule has 0 aliphatic heterocycles. The molecule has 20 heavy (non-hydrogen) atoms. The molecule has 5 heteroatoms. The molecule has 0 saturated carbocycles. The van der Waals surface area contributed by atoms with Gasteiger partial charge < -0.3 is 15.2 Å². The van der Waals surface area contributed by atoms with E-state index in [1.165, 1.54) is 6.33 Å². The van der Waals surface area contributed by atoms with Crippen molar-refractivity contribution in [3.05, 3.63) is 30.1 Å².